The maximum atomic E-state index is 14.6. The van der Waals surface area contributed by atoms with E-state index in [9.17, 15) is 9.18 Å². The van der Waals surface area contributed by atoms with E-state index in [0.717, 1.165) is 38.4 Å². The number of aryl methyl sites for hydroxylation is 2. The number of carbonyl (C=O) groups excluding carboxylic acids is 1. The molecule has 3 aromatic heterocycles. The largest absolute Gasteiger partial charge is 0.455 e. The summed E-state index contributed by atoms with van der Waals surface area (Å²) < 4.78 is 20.7. The van der Waals surface area contributed by atoms with Crippen LogP contribution in [-0.4, -0.2) is 10.9 Å². The number of furan rings is 2. The Morgan fingerprint density at radius 3 is 2.43 bits per heavy atom. The van der Waals surface area contributed by atoms with Crippen molar-refractivity contribution in [2.45, 2.75) is 20.4 Å². The zero-order valence-electron chi connectivity index (χ0n) is 20.1. The normalized spacial score (nSPS) is 11.4. The molecule has 3 heterocycles. The van der Waals surface area contributed by atoms with Crippen LogP contribution in [0.2, 0.25) is 0 Å². The fourth-order valence-corrected chi connectivity index (χ4v) is 5.03. The first-order valence-corrected chi connectivity index (χ1v) is 11.8. The third kappa shape index (κ3) is 3.62. The average molecular weight is 489 g/mol. The number of hydrogen-bond donors (Lipinski definition) is 2. The summed E-state index contributed by atoms with van der Waals surface area (Å²) in [6.07, 6.45) is 0. The number of fused-ring (bicyclic) bond motifs is 8. The van der Waals surface area contributed by atoms with Crippen LogP contribution in [0.1, 0.15) is 32.7 Å². The Morgan fingerprint density at radius 2 is 1.73 bits per heavy atom. The third-order valence-electron chi connectivity index (χ3n) is 6.89. The molecule has 2 bridgehead atoms. The fourth-order valence-electron chi connectivity index (χ4n) is 5.03. The molecule has 0 aliphatic rings. The van der Waals surface area contributed by atoms with Gasteiger partial charge in [-0.1, -0.05) is 12.1 Å². The minimum Gasteiger partial charge on any atom is -0.455 e. The van der Waals surface area contributed by atoms with Gasteiger partial charge in [-0.3, -0.25) is 4.79 Å². The number of benzene rings is 4. The molecule has 0 aliphatic heterocycles. The van der Waals surface area contributed by atoms with Crippen LogP contribution >= 0.6 is 0 Å². The summed E-state index contributed by atoms with van der Waals surface area (Å²) in [7, 11) is 0. The molecule has 0 atom stereocenters. The lowest BCUT2D eigenvalue weighted by Gasteiger charge is -2.11. The van der Waals surface area contributed by atoms with Crippen LogP contribution in [0.15, 0.2) is 65.1 Å². The average Bonchev–Trinajstić information content (AvgIpc) is 3.44. The predicted molar refractivity (Wildman–Crippen MR) is 142 cm³/mol. The molecule has 0 spiro atoms. The molecule has 180 valence electrons. The summed E-state index contributed by atoms with van der Waals surface area (Å²) in [5.41, 5.74) is 11.8. The molecule has 6 aromatic rings. The summed E-state index contributed by atoms with van der Waals surface area (Å²) >= 11 is 0. The lowest BCUT2D eigenvalue weighted by atomic mass is 9.97. The van der Waals surface area contributed by atoms with E-state index < -0.39 is 5.82 Å². The highest BCUT2D eigenvalue weighted by molar-refractivity contribution is 6.26. The van der Waals surface area contributed by atoms with E-state index in [-0.39, 0.29) is 11.5 Å². The van der Waals surface area contributed by atoms with Gasteiger partial charge >= 0.3 is 0 Å². The number of amides is 1. The van der Waals surface area contributed by atoms with Crippen LogP contribution in [0.4, 0.5) is 10.2 Å². The Morgan fingerprint density at radius 1 is 1.00 bits per heavy atom. The standard InChI is InChI=1S/C30H21FN4O2/c1-15-9-27(33)35-16(2)25(15)14-34-30(36)19-5-8-22-24(12-19)29-21-7-4-18(11-23(21)28(22)37-29)20-6-3-17(13-32)10-26(20)31/h3-12H,14H2,1-2H3,(H2,33,35)(H,34,36). The zero-order valence-corrected chi connectivity index (χ0v) is 20.1. The lowest BCUT2D eigenvalue weighted by molar-refractivity contribution is 0.0951. The molecule has 1 amide bonds. The van der Waals surface area contributed by atoms with Crippen LogP contribution in [0, 0.1) is 31.0 Å². The van der Waals surface area contributed by atoms with Gasteiger partial charge in [0, 0.05) is 44.9 Å². The van der Waals surface area contributed by atoms with E-state index in [1.54, 1.807) is 24.3 Å². The molecule has 0 saturated heterocycles. The second-order valence-electron chi connectivity index (χ2n) is 9.20. The Kier molecular flexibility index (Phi) is 5.06. The number of carbonyl (C=O) groups is 1. The van der Waals surface area contributed by atoms with Crippen molar-refractivity contribution in [3.8, 4) is 17.2 Å². The van der Waals surface area contributed by atoms with Crippen molar-refractivity contribution in [3.63, 3.8) is 0 Å². The summed E-state index contributed by atoms with van der Waals surface area (Å²) in [6, 6.07) is 19.3. The Bertz CT molecular complexity index is 1890. The monoisotopic (exact) mass is 488 g/mol. The maximum absolute atomic E-state index is 14.6. The van der Waals surface area contributed by atoms with Crippen LogP contribution in [0.3, 0.4) is 0 Å². The SMILES string of the molecule is Cc1cc(N)nc(C)c1CNC(=O)c1ccc2c(c1)c1oc2c2cc(-c3ccc(C#N)cc3F)ccc21. The summed E-state index contributed by atoms with van der Waals surface area (Å²) in [5, 5.41) is 15.5. The van der Waals surface area contributed by atoms with Crippen LogP contribution in [0.25, 0.3) is 43.8 Å². The van der Waals surface area contributed by atoms with Crippen molar-refractivity contribution >= 4 is 44.4 Å². The van der Waals surface area contributed by atoms with Gasteiger partial charge in [-0.25, -0.2) is 9.37 Å². The van der Waals surface area contributed by atoms with Crippen molar-refractivity contribution in [1.82, 2.24) is 10.3 Å². The van der Waals surface area contributed by atoms with E-state index in [4.69, 9.17) is 15.4 Å². The number of nitriles is 1. The molecule has 7 heteroatoms. The number of nitrogen functional groups attached to an aromatic ring is 1. The van der Waals surface area contributed by atoms with Crippen molar-refractivity contribution in [2.24, 2.45) is 0 Å². The van der Waals surface area contributed by atoms with Crippen LogP contribution in [-0.2, 0) is 6.54 Å². The van der Waals surface area contributed by atoms with Crippen molar-refractivity contribution in [2.75, 3.05) is 5.73 Å². The van der Waals surface area contributed by atoms with Crippen molar-refractivity contribution in [1.29, 1.82) is 5.26 Å². The smallest absolute Gasteiger partial charge is 0.251 e. The summed E-state index contributed by atoms with van der Waals surface area (Å²) in [4.78, 5) is 17.3. The number of anilines is 1. The second-order valence-corrected chi connectivity index (χ2v) is 9.20. The number of hydrogen-bond acceptors (Lipinski definition) is 5. The summed E-state index contributed by atoms with van der Waals surface area (Å²) in [6.45, 7) is 4.17. The number of halogens is 1. The van der Waals surface area contributed by atoms with Crippen molar-refractivity contribution < 1.29 is 13.6 Å². The van der Waals surface area contributed by atoms with Crippen LogP contribution in [0.5, 0.6) is 0 Å². The minimum atomic E-state index is -0.447. The van der Waals surface area contributed by atoms with E-state index in [2.05, 4.69) is 10.3 Å². The summed E-state index contributed by atoms with van der Waals surface area (Å²) in [5.74, 6) is -0.182. The number of rotatable bonds is 4. The van der Waals surface area contributed by atoms with Gasteiger partial charge in [0.15, 0.2) is 0 Å². The second kappa shape index (κ2) is 8.32. The molecule has 3 N–H and O–H groups in total. The van der Waals surface area contributed by atoms with Gasteiger partial charge < -0.3 is 15.5 Å². The van der Waals surface area contributed by atoms with Gasteiger partial charge in [-0.05, 0) is 79.1 Å². The van der Waals surface area contributed by atoms with E-state index >= 15 is 0 Å². The zero-order chi connectivity index (χ0) is 25.8. The molecular weight excluding hydrogens is 467 g/mol. The highest BCUT2D eigenvalue weighted by Gasteiger charge is 2.20. The van der Waals surface area contributed by atoms with Crippen LogP contribution < -0.4 is 11.1 Å². The quantitative estimate of drug-likeness (QED) is 0.280. The minimum absolute atomic E-state index is 0.196. The Balaban J connectivity index is 1.33. The number of aromatic nitrogens is 1. The predicted octanol–water partition coefficient (Wildman–Crippen LogP) is 6.38. The number of nitrogens with one attached hydrogen (secondary N) is 1. The van der Waals surface area contributed by atoms with Gasteiger partial charge in [0.2, 0.25) is 0 Å². The molecule has 0 unspecified atom stereocenters. The first kappa shape index (κ1) is 22.5. The molecule has 0 radical (unpaired) electrons. The molecule has 0 aliphatic carbocycles. The van der Waals surface area contributed by atoms with E-state index in [1.807, 2.05) is 50.2 Å². The fraction of sp³-hybridized carbons (Fsp3) is 0.100. The first-order valence-electron chi connectivity index (χ1n) is 11.8. The first-order chi connectivity index (χ1) is 17.8. The van der Waals surface area contributed by atoms with Gasteiger partial charge in [0.25, 0.3) is 5.91 Å². The molecule has 0 saturated carbocycles. The highest BCUT2D eigenvalue weighted by atomic mass is 19.1. The third-order valence-corrected chi connectivity index (χ3v) is 6.89. The topological polar surface area (TPSA) is 105 Å². The maximum Gasteiger partial charge on any atom is 0.251 e. The molecule has 37 heavy (non-hydrogen) atoms. The molecular formula is C30H21FN4O2. The molecule has 0 fully saturated rings. The number of pyridine rings is 1. The van der Waals surface area contributed by atoms with Gasteiger partial charge in [-0.2, -0.15) is 5.26 Å². The van der Waals surface area contributed by atoms with Gasteiger partial charge in [-0.15, -0.1) is 0 Å². The van der Waals surface area contributed by atoms with E-state index in [0.29, 0.717) is 40.2 Å². The highest BCUT2D eigenvalue weighted by Crippen LogP contribution is 2.42. The molecule has 3 aromatic carbocycles. The Labute approximate surface area is 211 Å². The Hall–Kier alpha value is -4.96. The van der Waals surface area contributed by atoms with E-state index in [1.165, 1.54) is 6.07 Å². The lowest BCUT2D eigenvalue weighted by Crippen LogP contribution is -2.24. The molecule has 6 rings (SSSR count). The van der Waals surface area contributed by atoms with Gasteiger partial charge in [0.05, 0.1) is 11.6 Å². The van der Waals surface area contributed by atoms with Gasteiger partial charge in [0.1, 0.15) is 22.8 Å². The molecule has 6 nitrogen and oxygen atoms in total. The number of nitrogens with zero attached hydrogens (tertiary/aromatic N) is 2. The number of nitrogens with two attached hydrogens (primary N) is 1. The van der Waals surface area contributed by atoms with Crippen molar-refractivity contribution in [3.05, 3.63) is 94.4 Å².